The van der Waals surface area contributed by atoms with Crippen LogP contribution in [0.3, 0.4) is 0 Å². The number of hydrogen-bond acceptors (Lipinski definition) is 5. The summed E-state index contributed by atoms with van der Waals surface area (Å²) in [5.74, 6) is 0. The zero-order valence-corrected chi connectivity index (χ0v) is 15.3. The lowest BCUT2D eigenvalue weighted by Gasteiger charge is -2.06. The van der Waals surface area contributed by atoms with Gasteiger partial charge in [0.2, 0.25) is 10.0 Å². The van der Waals surface area contributed by atoms with Gasteiger partial charge in [-0.25, -0.2) is 18.1 Å². The van der Waals surface area contributed by atoms with Crippen molar-refractivity contribution in [3.05, 3.63) is 57.4 Å². The summed E-state index contributed by atoms with van der Waals surface area (Å²) in [5.41, 5.74) is 0.845. The van der Waals surface area contributed by atoms with Crippen LogP contribution in [0, 0.1) is 6.92 Å². The zero-order chi connectivity index (χ0) is 16.4. The van der Waals surface area contributed by atoms with Gasteiger partial charge in [0.25, 0.3) is 0 Å². The molecule has 0 saturated carbocycles. The second kappa shape index (κ2) is 6.70. The molecule has 3 rings (SSSR count). The molecular formula is C15H13ClN2O2S3. The van der Waals surface area contributed by atoms with Gasteiger partial charge in [-0.3, -0.25) is 0 Å². The summed E-state index contributed by atoms with van der Waals surface area (Å²) in [7, 11) is -3.56. The van der Waals surface area contributed by atoms with Crippen LogP contribution in [0.25, 0.3) is 9.88 Å². The van der Waals surface area contributed by atoms with Gasteiger partial charge < -0.3 is 0 Å². The molecule has 0 spiro atoms. The fourth-order valence-electron chi connectivity index (χ4n) is 1.96. The number of sulfonamides is 1. The molecule has 0 atom stereocenters. The van der Waals surface area contributed by atoms with Crippen molar-refractivity contribution >= 4 is 44.3 Å². The summed E-state index contributed by atoms with van der Waals surface area (Å²) in [5, 5.41) is 3.41. The van der Waals surface area contributed by atoms with Crippen LogP contribution in [0.2, 0.25) is 5.02 Å². The quantitative estimate of drug-likeness (QED) is 0.712. The molecule has 0 bridgehead atoms. The third kappa shape index (κ3) is 3.81. The Morgan fingerprint density at radius 2 is 1.96 bits per heavy atom. The Balaban J connectivity index is 1.76. The summed E-state index contributed by atoms with van der Waals surface area (Å²) < 4.78 is 27.2. The minimum atomic E-state index is -3.56. The van der Waals surface area contributed by atoms with Crippen LogP contribution in [-0.2, 0) is 16.6 Å². The van der Waals surface area contributed by atoms with Gasteiger partial charge in [-0.05, 0) is 42.6 Å². The molecular weight excluding hydrogens is 372 g/mol. The van der Waals surface area contributed by atoms with Gasteiger partial charge in [0.15, 0.2) is 0 Å². The highest BCUT2D eigenvalue weighted by molar-refractivity contribution is 7.89. The first-order valence-electron chi connectivity index (χ1n) is 6.71. The molecule has 0 aliphatic rings. The molecule has 120 valence electrons. The summed E-state index contributed by atoms with van der Waals surface area (Å²) in [6.45, 7) is 2.11. The standard InChI is InChI=1S/C15H13ClN2O2S3/c1-10-14(22-15(18-10)13-3-2-8-21-13)9-17-23(19,20)12-6-4-11(16)5-7-12/h2-8,17H,9H2,1H3. The highest BCUT2D eigenvalue weighted by Crippen LogP contribution is 2.31. The van der Waals surface area contributed by atoms with Gasteiger partial charge >= 0.3 is 0 Å². The van der Waals surface area contributed by atoms with Crippen molar-refractivity contribution in [1.82, 2.24) is 9.71 Å². The summed E-state index contributed by atoms with van der Waals surface area (Å²) in [6.07, 6.45) is 0. The molecule has 23 heavy (non-hydrogen) atoms. The van der Waals surface area contributed by atoms with Crippen LogP contribution in [0.15, 0.2) is 46.7 Å². The van der Waals surface area contributed by atoms with Gasteiger partial charge in [-0.2, -0.15) is 0 Å². The number of nitrogens with one attached hydrogen (secondary N) is 1. The van der Waals surface area contributed by atoms with E-state index >= 15 is 0 Å². The van der Waals surface area contributed by atoms with Crippen LogP contribution in [0.1, 0.15) is 10.6 Å². The molecule has 8 heteroatoms. The molecule has 0 aliphatic heterocycles. The number of halogens is 1. The van der Waals surface area contributed by atoms with E-state index in [-0.39, 0.29) is 11.4 Å². The normalized spacial score (nSPS) is 11.7. The lowest BCUT2D eigenvalue weighted by molar-refractivity contribution is 0.581. The van der Waals surface area contributed by atoms with E-state index in [2.05, 4.69) is 9.71 Å². The maximum absolute atomic E-state index is 12.3. The van der Waals surface area contributed by atoms with Crippen molar-refractivity contribution in [2.75, 3.05) is 0 Å². The van der Waals surface area contributed by atoms with Crippen LogP contribution >= 0.6 is 34.3 Å². The number of aromatic nitrogens is 1. The fourth-order valence-corrected chi connectivity index (χ4v) is 4.97. The monoisotopic (exact) mass is 384 g/mol. The molecule has 3 aromatic rings. The highest BCUT2D eigenvalue weighted by Gasteiger charge is 2.16. The van der Waals surface area contributed by atoms with Gasteiger partial charge in [-0.1, -0.05) is 17.7 Å². The van der Waals surface area contributed by atoms with E-state index in [1.807, 2.05) is 24.4 Å². The third-order valence-electron chi connectivity index (χ3n) is 3.17. The average molecular weight is 385 g/mol. The number of aryl methyl sites for hydroxylation is 1. The molecule has 0 saturated heterocycles. The Morgan fingerprint density at radius 1 is 1.22 bits per heavy atom. The van der Waals surface area contributed by atoms with Crippen molar-refractivity contribution in [2.24, 2.45) is 0 Å². The summed E-state index contributed by atoms with van der Waals surface area (Å²) in [4.78, 5) is 6.71. The van der Waals surface area contributed by atoms with Gasteiger partial charge in [0.1, 0.15) is 5.01 Å². The number of benzene rings is 1. The Morgan fingerprint density at radius 3 is 2.61 bits per heavy atom. The lowest BCUT2D eigenvalue weighted by Crippen LogP contribution is -2.23. The fraction of sp³-hybridized carbons (Fsp3) is 0.133. The third-order valence-corrected chi connectivity index (χ3v) is 7.04. The number of nitrogens with zero attached hydrogens (tertiary/aromatic N) is 1. The topological polar surface area (TPSA) is 59.1 Å². The van der Waals surface area contributed by atoms with Crippen molar-refractivity contribution < 1.29 is 8.42 Å². The average Bonchev–Trinajstić information content (AvgIpc) is 3.15. The Hall–Kier alpha value is -1.25. The molecule has 0 radical (unpaired) electrons. The lowest BCUT2D eigenvalue weighted by atomic mass is 10.4. The first-order chi connectivity index (χ1) is 11.0. The van der Waals surface area contributed by atoms with Crippen LogP contribution < -0.4 is 4.72 Å². The van der Waals surface area contributed by atoms with Crippen molar-refractivity contribution in [2.45, 2.75) is 18.4 Å². The largest absolute Gasteiger partial charge is 0.240 e. The molecule has 0 unspecified atom stereocenters. The van der Waals surface area contributed by atoms with E-state index in [9.17, 15) is 8.42 Å². The number of rotatable bonds is 5. The van der Waals surface area contributed by atoms with Gasteiger partial charge in [-0.15, -0.1) is 22.7 Å². The Kier molecular flexibility index (Phi) is 4.84. The number of thiazole rings is 1. The van der Waals surface area contributed by atoms with Gasteiger partial charge in [0, 0.05) is 16.4 Å². The Bertz CT molecular complexity index is 901. The molecule has 0 amide bonds. The molecule has 2 heterocycles. The molecule has 0 fully saturated rings. The Labute approximate surface area is 147 Å². The maximum Gasteiger partial charge on any atom is 0.240 e. The van der Waals surface area contributed by atoms with E-state index in [4.69, 9.17) is 11.6 Å². The molecule has 2 aromatic heterocycles. The van der Waals surface area contributed by atoms with Crippen LogP contribution in [0.4, 0.5) is 0 Å². The number of hydrogen-bond donors (Lipinski definition) is 1. The highest BCUT2D eigenvalue weighted by atomic mass is 35.5. The predicted octanol–water partition coefficient (Wildman–Crippen LogP) is 4.31. The SMILES string of the molecule is Cc1nc(-c2cccs2)sc1CNS(=O)(=O)c1ccc(Cl)cc1. The summed E-state index contributed by atoms with van der Waals surface area (Å²) in [6, 6.07) is 10.1. The predicted molar refractivity (Wildman–Crippen MR) is 95.6 cm³/mol. The zero-order valence-electron chi connectivity index (χ0n) is 12.1. The molecule has 1 N–H and O–H groups in total. The second-order valence-electron chi connectivity index (χ2n) is 4.78. The summed E-state index contributed by atoms with van der Waals surface area (Å²) >= 11 is 8.91. The van der Waals surface area contributed by atoms with Crippen molar-refractivity contribution in [3.8, 4) is 9.88 Å². The van der Waals surface area contributed by atoms with E-state index in [1.165, 1.54) is 23.5 Å². The smallest absolute Gasteiger partial charge is 0.240 e. The van der Waals surface area contributed by atoms with E-state index in [0.29, 0.717) is 5.02 Å². The van der Waals surface area contributed by atoms with E-state index in [0.717, 1.165) is 20.5 Å². The first kappa shape index (κ1) is 16.6. The molecule has 4 nitrogen and oxygen atoms in total. The van der Waals surface area contributed by atoms with E-state index < -0.39 is 10.0 Å². The van der Waals surface area contributed by atoms with Crippen LogP contribution in [-0.4, -0.2) is 13.4 Å². The minimum Gasteiger partial charge on any atom is -0.240 e. The van der Waals surface area contributed by atoms with E-state index in [1.54, 1.807) is 23.5 Å². The molecule has 1 aromatic carbocycles. The minimum absolute atomic E-state index is 0.197. The first-order valence-corrected chi connectivity index (χ1v) is 10.3. The maximum atomic E-state index is 12.3. The van der Waals surface area contributed by atoms with Crippen LogP contribution in [0.5, 0.6) is 0 Å². The number of thiophene rings is 1. The molecule has 0 aliphatic carbocycles. The second-order valence-corrected chi connectivity index (χ2v) is 9.02. The van der Waals surface area contributed by atoms with Gasteiger partial charge in [0.05, 0.1) is 15.5 Å². The van der Waals surface area contributed by atoms with Crippen molar-refractivity contribution in [3.63, 3.8) is 0 Å². The van der Waals surface area contributed by atoms with Crippen molar-refractivity contribution in [1.29, 1.82) is 0 Å².